The summed E-state index contributed by atoms with van der Waals surface area (Å²) in [6.07, 6.45) is 5.63. The van der Waals surface area contributed by atoms with Crippen LogP contribution in [0.25, 0.3) is 11.3 Å². The molecule has 0 radical (unpaired) electrons. The van der Waals surface area contributed by atoms with Gasteiger partial charge in [-0.3, -0.25) is 14.9 Å². The van der Waals surface area contributed by atoms with Crippen LogP contribution in [0.3, 0.4) is 0 Å². The quantitative estimate of drug-likeness (QED) is 0.333. The Hall–Kier alpha value is -4.13. The molecule has 35 heavy (non-hydrogen) atoms. The van der Waals surface area contributed by atoms with Gasteiger partial charge in [0.15, 0.2) is 0 Å². The van der Waals surface area contributed by atoms with Crippen molar-refractivity contribution >= 4 is 5.91 Å². The van der Waals surface area contributed by atoms with E-state index in [0.717, 1.165) is 52.3 Å². The number of carbonyl (C=O) groups is 1. The maximum atomic E-state index is 13.6. The van der Waals surface area contributed by atoms with Crippen molar-refractivity contribution in [1.29, 1.82) is 0 Å². The van der Waals surface area contributed by atoms with Crippen LogP contribution in [0.2, 0.25) is 0 Å². The molecule has 1 N–H and O–H groups in total. The van der Waals surface area contributed by atoms with Crippen LogP contribution in [0.4, 0.5) is 0 Å². The maximum absolute atomic E-state index is 13.6. The lowest BCUT2D eigenvalue weighted by atomic mass is 9.96. The molecule has 3 heterocycles. The van der Waals surface area contributed by atoms with Crippen LogP contribution in [0, 0.1) is 0 Å². The lowest BCUT2D eigenvalue weighted by Gasteiger charge is -2.26. The molecule has 2 aromatic heterocycles. The number of methoxy groups -OCH3 is 1. The topological polar surface area (TPSA) is 80.3 Å². The number of H-pyrrole nitrogens is 1. The minimum absolute atomic E-state index is 0.0793. The van der Waals surface area contributed by atoms with Gasteiger partial charge in [-0.2, -0.15) is 5.10 Å². The first-order valence-corrected chi connectivity index (χ1v) is 11.8. The minimum atomic E-state index is -0.293. The number of hydrogen-bond donors (Lipinski definition) is 1. The second-order valence-corrected chi connectivity index (χ2v) is 8.56. The zero-order valence-corrected chi connectivity index (χ0v) is 19.9. The van der Waals surface area contributed by atoms with Crippen molar-refractivity contribution in [2.75, 3.05) is 13.7 Å². The first kappa shape index (κ1) is 22.7. The van der Waals surface area contributed by atoms with Crippen molar-refractivity contribution in [2.45, 2.75) is 32.4 Å². The van der Waals surface area contributed by atoms with Gasteiger partial charge in [0.25, 0.3) is 5.91 Å². The largest absolute Gasteiger partial charge is 0.497 e. The number of benzene rings is 2. The van der Waals surface area contributed by atoms with E-state index in [9.17, 15) is 4.79 Å². The number of ether oxygens (including phenoxy) is 2. The molecule has 5 rings (SSSR count). The Bertz CT molecular complexity index is 1280. The molecule has 178 valence electrons. The maximum Gasteiger partial charge on any atom is 0.273 e. The Morgan fingerprint density at radius 3 is 2.49 bits per heavy atom. The first-order chi connectivity index (χ1) is 17.2. The van der Waals surface area contributed by atoms with Gasteiger partial charge >= 0.3 is 0 Å². The molecule has 2 aromatic carbocycles. The van der Waals surface area contributed by atoms with E-state index in [1.54, 1.807) is 19.5 Å². The summed E-state index contributed by atoms with van der Waals surface area (Å²) in [6.45, 7) is 3.28. The van der Waals surface area contributed by atoms with Crippen LogP contribution in [0.1, 0.15) is 53.0 Å². The Balaban J connectivity index is 1.54. The van der Waals surface area contributed by atoms with E-state index < -0.39 is 0 Å². The number of pyridine rings is 1. The predicted molar refractivity (Wildman–Crippen MR) is 133 cm³/mol. The number of amides is 1. The fourth-order valence-corrected chi connectivity index (χ4v) is 4.44. The summed E-state index contributed by atoms with van der Waals surface area (Å²) < 4.78 is 11.2. The van der Waals surface area contributed by atoms with E-state index in [1.807, 2.05) is 65.6 Å². The number of nitrogens with zero attached hydrogens (tertiary/aromatic N) is 3. The second-order valence-electron chi connectivity index (χ2n) is 8.56. The van der Waals surface area contributed by atoms with Gasteiger partial charge in [-0.15, -0.1) is 0 Å². The van der Waals surface area contributed by atoms with Crippen molar-refractivity contribution < 1.29 is 14.3 Å². The first-order valence-electron chi connectivity index (χ1n) is 11.8. The molecule has 0 bridgehead atoms. The van der Waals surface area contributed by atoms with E-state index in [2.05, 4.69) is 22.1 Å². The summed E-state index contributed by atoms with van der Waals surface area (Å²) in [5.74, 6) is 1.52. The van der Waals surface area contributed by atoms with E-state index >= 15 is 0 Å². The van der Waals surface area contributed by atoms with Gasteiger partial charge in [-0.25, -0.2) is 0 Å². The molecule has 1 atom stereocenters. The highest BCUT2D eigenvalue weighted by Gasteiger charge is 2.42. The van der Waals surface area contributed by atoms with Crippen LogP contribution >= 0.6 is 0 Å². The third-order valence-electron chi connectivity index (χ3n) is 6.27. The zero-order valence-electron chi connectivity index (χ0n) is 19.9. The van der Waals surface area contributed by atoms with E-state index in [-0.39, 0.29) is 11.9 Å². The van der Waals surface area contributed by atoms with Crippen molar-refractivity contribution in [1.82, 2.24) is 20.1 Å². The highest BCUT2D eigenvalue weighted by Crippen LogP contribution is 2.43. The number of rotatable bonds is 9. The highest BCUT2D eigenvalue weighted by atomic mass is 16.5. The molecule has 1 aliphatic heterocycles. The Labute approximate surface area is 204 Å². The fourth-order valence-electron chi connectivity index (χ4n) is 4.44. The van der Waals surface area contributed by atoms with Gasteiger partial charge in [0, 0.05) is 30.1 Å². The summed E-state index contributed by atoms with van der Waals surface area (Å²) in [5.41, 5.74) is 5.05. The monoisotopic (exact) mass is 468 g/mol. The van der Waals surface area contributed by atoms with Gasteiger partial charge in [0.05, 0.1) is 25.5 Å². The molecule has 0 fully saturated rings. The fraction of sp³-hybridized carbons (Fsp3) is 0.250. The SMILES string of the molecule is CCCCOc1ccc(C2c3c(-c4ccc(OC)cc4)n[nH]c3C(=O)N2Cc2cccnc2)cc1. The number of hydrogen-bond acceptors (Lipinski definition) is 5. The van der Waals surface area contributed by atoms with Gasteiger partial charge in [-0.05, 0) is 60.0 Å². The van der Waals surface area contributed by atoms with E-state index in [4.69, 9.17) is 9.47 Å². The zero-order chi connectivity index (χ0) is 24.2. The molecule has 0 saturated heterocycles. The van der Waals surface area contributed by atoms with E-state index in [0.29, 0.717) is 18.8 Å². The highest BCUT2D eigenvalue weighted by molar-refractivity contribution is 6.00. The van der Waals surface area contributed by atoms with Crippen LogP contribution in [0.15, 0.2) is 73.1 Å². The Morgan fingerprint density at radius 2 is 1.80 bits per heavy atom. The van der Waals surface area contributed by atoms with Gasteiger partial charge in [-0.1, -0.05) is 31.5 Å². The summed E-state index contributed by atoms with van der Waals surface area (Å²) >= 11 is 0. The summed E-state index contributed by atoms with van der Waals surface area (Å²) in [4.78, 5) is 19.7. The average Bonchev–Trinajstić information content (AvgIpc) is 3.44. The van der Waals surface area contributed by atoms with Crippen LogP contribution in [-0.2, 0) is 6.54 Å². The van der Waals surface area contributed by atoms with Crippen LogP contribution in [-0.4, -0.2) is 39.7 Å². The summed E-state index contributed by atoms with van der Waals surface area (Å²) in [5, 5.41) is 7.56. The number of nitrogens with one attached hydrogen (secondary N) is 1. The Morgan fingerprint density at radius 1 is 1.03 bits per heavy atom. The van der Waals surface area contributed by atoms with Crippen LogP contribution in [0.5, 0.6) is 11.5 Å². The second kappa shape index (κ2) is 10.0. The third kappa shape index (κ3) is 4.49. The predicted octanol–water partition coefficient (Wildman–Crippen LogP) is 5.40. The standard InChI is InChI=1S/C28H28N4O3/c1-3-4-16-35-23-13-9-21(10-14-23)27-24-25(20-7-11-22(34-2)12-8-20)30-31-26(24)28(33)32(27)18-19-6-5-15-29-17-19/h5-15,17,27H,3-4,16,18H2,1-2H3,(H,30,31). The molecule has 7 nitrogen and oxygen atoms in total. The van der Waals surface area contributed by atoms with Crippen molar-refractivity contribution in [3.05, 3.63) is 95.4 Å². The molecule has 4 aromatic rings. The van der Waals surface area contributed by atoms with Crippen molar-refractivity contribution in [3.63, 3.8) is 0 Å². The van der Waals surface area contributed by atoms with Gasteiger partial charge in [0.2, 0.25) is 0 Å². The molecular formula is C28H28N4O3. The Kier molecular flexibility index (Phi) is 6.48. The number of carbonyl (C=O) groups excluding carboxylic acids is 1. The van der Waals surface area contributed by atoms with Crippen molar-refractivity contribution in [2.24, 2.45) is 0 Å². The molecule has 0 saturated carbocycles. The van der Waals surface area contributed by atoms with Crippen molar-refractivity contribution in [3.8, 4) is 22.8 Å². The smallest absolute Gasteiger partial charge is 0.273 e. The lowest BCUT2D eigenvalue weighted by molar-refractivity contribution is 0.0730. The molecular weight excluding hydrogens is 440 g/mol. The number of fused-ring (bicyclic) bond motifs is 1. The summed E-state index contributed by atoms with van der Waals surface area (Å²) in [6, 6.07) is 19.3. The number of aromatic amines is 1. The molecule has 0 spiro atoms. The molecule has 7 heteroatoms. The third-order valence-corrected chi connectivity index (χ3v) is 6.27. The average molecular weight is 469 g/mol. The minimum Gasteiger partial charge on any atom is -0.497 e. The molecule has 1 aliphatic rings. The number of unbranched alkanes of at least 4 members (excludes halogenated alkanes) is 1. The molecule has 1 amide bonds. The number of aromatic nitrogens is 3. The summed E-state index contributed by atoms with van der Waals surface area (Å²) in [7, 11) is 1.64. The lowest BCUT2D eigenvalue weighted by Crippen LogP contribution is -2.29. The molecule has 1 unspecified atom stereocenters. The van der Waals surface area contributed by atoms with Crippen LogP contribution < -0.4 is 9.47 Å². The van der Waals surface area contributed by atoms with E-state index in [1.165, 1.54) is 0 Å². The normalized spacial score (nSPS) is 14.7. The van der Waals surface area contributed by atoms with Gasteiger partial charge < -0.3 is 14.4 Å². The molecule has 0 aliphatic carbocycles. The van der Waals surface area contributed by atoms with Gasteiger partial charge in [0.1, 0.15) is 17.2 Å².